The average molecular weight is 414 g/mol. The van der Waals surface area contributed by atoms with Crippen molar-refractivity contribution >= 4 is 23.2 Å². The Bertz CT molecular complexity index is 1030. The van der Waals surface area contributed by atoms with E-state index < -0.39 is 0 Å². The minimum Gasteiger partial charge on any atom is -0.298 e. The van der Waals surface area contributed by atoms with Crippen molar-refractivity contribution in [3.8, 4) is 11.3 Å². The molecule has 0 aliphatic carbocycles. The van der Waals surface area contributed by atoms with Gasteiger partial charge < -0.3 is 0 Å². The van der Waals surface area contributed by atoms with Crippen LogP contribution < -0.4 is 5.56 Å². The van der Waals surface area contributed by atoms with E-state index >= 15 is 0 Å². The van der Waals surface area contributed by atoms with Crippen LogP contribution in [0.25, 0.3) is 11.3 Å². The molecule has 0 fully saturated rings. The van der Waals surface area contributed by atoms with Crippen molar-refractivity contribution in [2.24, 2.45) is 0 Å². The highest BCUT2D eigenvalue weighted by molar-refractivity contribution is 6.30. The third-order valence-corrected chi connectivity index (χ3v) is 4.68. The fourth-order valence-electron chi connectivity index (χ4n) is 2.84. The third-order valence-electron chi connectivity index (χ3n) is 4.43. The largest absolute Gasteiger partial charge is 0.298 e. The standard InChI is InChI=1S/C20H20ClN5O3/c21-15-8-6-14(7-9-15)17-10-20(29)26(13-22-17)12-16(27)4-2-1-3-5-19(28)18-11-23-25-24-18/h6-11,13H,1-5,12H2,(H,23,24,25). The molecule has 8 nitrogen and oxygen atoms in total. The Hall–Kier alpha value is -3.13. The van der Waals surface area contributed by atoms with Gasteiger partial charge in [-0.2, -0.15) is 15.4 Å². The number of Topliss-reactive ketones (excluding diaryl/α,β-unsaturated/α-hetero) is 2. The number of rotatable bonds is 10. The van der Waals surface area contributed by atoms with E-state index in [2.05, 4.69) is 20.4 Å². The lowest BCUT2D eigenvalue weighted by atomic mass is 10.1. The van der Waals surface area contributed by atoms with E-state index in [4.69, 9.17) is 11.6 Å². The second kappa shape index (κ2) is 9.88. The SMILES string of the molecule is O=C(CCCCCC(=O)c1cn[nH]n1)Cn1cnc(-c2ccc(Cl)cc2)cc1=O. The van der Waals surface area contributed by atoms with Gasteiger partial charge in [-0.25, -0.2) is 4.98 Å². The molecule has 3 aromatic rings. The molecule has 0 radical (unpaired) electrons. The Morgan fingerprint density at radius 3 is 2.52 bits per heavy atom. The number of nitrogens with zero attached hydrogens (tertiary/aromatic N) is 4. The summed E-state index contributed by atoms with van der Waals surface area (Å²) >= 11 is 5.87. The zero-order valence-electron chi connectivity index (χ0n) is 15.7. The highest BCUT2D eigenvalue weighted by Crippen LogP contribution is 2.18. The molecule has 3 rings (SSSR count). The van der Waals surface area contributed by atoms with Crippen molar-refractivity contribution in [2.45, 2.75) is 38.6 Å². The first-order valence-corrected chi connectivity index (χ1v) is 9.64. The van der Waals surface area contributed by atoms with Gasteiger partial charge in [-0.05, 0) is 25.0 Å². The second-order valence-corrected chi connectivity index (χ2v) is 7.06. The number of aromatic nitrogens is 5. The van der Waals surface area contributed by atoms with Gasteiger partial charge in [-0.3, -0.25) is 19.0 Å². The van der Waals surface area contributed by atoms with Gasteiger partial charge in [0.15, 0.2) is 11.6 Å². The van der Waals surface area contributed by atoms with Crippen molar-refractivity contribution in [2.75, 3.05) is 0 Å². The summed E-state index contributed by atoms with van der Waals surface area (Å²) in [6.45, 7) is -0.00932. The van der Waals surface area contributed by atoms with Crippen LogP contribution in [0.2, 0.25) is 5.02 Å². The van der Waals surface area contributed by atoms with Crippen LogP contribution in [0.4, 0.5) is 0 Å². The molecule has 9 heteroatoms. The Labute approximate surface area is 171 Å². The third kappa shape index (κ3) is 5.92. The Morgan fingerprint density at radius 2 is 1.83 bits per heavy atom. The van der Waals surface area contributed by atoms with Gasteiger partial charge in [-0.1, -0.05) is 30.2 Å². The molecule has 2 aromatic heterocycles. The average Bonchev–Trinajstić information content (AvgIpc) is 3.25. The number of aromatic amines is 1. The molecule has 29 heavy (non-hydrogen) atoms. The molecular weight excluding hydrogens is 394 g/mol. The quantitative estimate of drug-likeness (QED) is 0.404. The van der Waals surface area contributed by atoms with Crippen LogP contribution in [0.5, 0.6) is 0 Å². The Balaban J connectivity index is 1.44. The molecule has 0 saturated heterocycles. The smallest absolute Gasteiger partial charge is 0.254 e. The Kier molecular flexibility index (Phi) is 7.02. The predicted molar refractivity (Wildman–Crippen MR) is 108 cm³/mol. The molecule has 1 N–H and O–H groups in total. The molecule has 0 atom stereocenters. The number of hydrogen-bond donors (Lipinski definition) is 1. The summed E-state index contributed by atoms with van der Waals surface area (Å²) in [7, 11) is 0. The van der Waals surface area contributed by atoms with Crippen LogP contribution in [0.1, 0.15) is 42.6 Å². The fraction of sp³-hybridized carbons (Fsp3) is 0.300. The molecule has 0 bridgehead atoms. The van der Waals surface area contributed by atoms with E-state index in [1.807, 2.05) is 0 Å². The summed E-state index contributed by atoms with van der Waals surface area (Å²) in [4.78, 5) is 40.5. The maximum atomic E-state index is 12.3. The van der Waals surface area contributed by atoms with Crippen molar-refractivity contribution in [1.29, 1.82) is 0 Å². The van der Waals surface area contributed by atoms with Crippen LogP contribution in [0.3, 0.4) is 0 Å². The molecule has 1 aromatic carbocycles. The zero-order chi connectivity index (χ0) is 20.6. The van der Waals surface area contributed by atoms with Gasteiger partial charge in [0.1, 0.15) is 5.69 Å². The first-order chi connectivity index (χ1) is 14.0. The number of hydrogen-bond acceptors (Lipinski definition) is 6. The lowest BCUT2D eigenvalue weighted by Crippen LogP contribution is -2.24. The maximum Gasteiger partial charge on any atom is 0.254 e. The summed E-state index contributed by atoms with van der Waals surface area (Å²) in [6, 6.07) is 8.44. The van der Waals surface area contributed by atoms with Gasteiger partial charge >= 0.3 is 0 Å². The number of carbonyl (C=O) groups is 2. The molecule has 0 saturated carbocycles. The first-order valence-electron chi connectivity index (χ1n) is 9.26. The monoisotopic (exact) mass is 413 g/mol. The van der Waals surface area contributed by atoms with Crippen molar-refractivity contribution in [3.63, 3.8) is 0 Å². The molecule has 0 aliphatic rings. The normalized spacial score (nSPS) is 10.8. The highest BCUT2D eigenvalue weighted by atomic mass is 35.5. The van der Waals surface area contributed by atoms with Crippen LogP contribution in [0, 0.1) is 0 Å². The van der Waals surface area contributed by atoms with Gasteiger partial charge in [0.05, 0.1) is 24.8 Å². The van der Waals surface area contributed by atoms with E-state index in [-0.39, 0.29) is 23.7 Å². The van der Waals surface area contributed by atoms with Crippen molar-refractivity contribution in [1.82, 2.24) is 25.0 Å². The van der Waals surface area contributed by atoms with E-state index in [0.717, 1.165) is 12.0 Å². The minimum absolute atomic E-state index is 0.00932. The molecule has 0 aliphatic heterocycles. The Morgan fingerprint density at radius 1 is 1.07 bits per heavy atom. The second-order valence-electron chi connectivity index (χ2n) is 6.62. The van der Waals surface area contributed by atoms with Crippen molar-refractivity contribution < 1.29 is 9.59 Å². The number of H-pyrrole nitrogens is 1. The van der Waals surface area contributed by atoms with Crippen LogP contribution in [-0.4, -0.2) is 36.5 Å². The van der Waals surface area contributed by atoms with Gasteiger partial charge in [0, 0.05) is 29.5 Å². The number of carbonyl (C=O) groups excluding carboxylic acids is 2. The molecule has 2 heterocycles. The summed E-state index contributed by atoms with van der Waals surface area (Å²) < 4.78 is 1.30. The van der Waals surface area contributed by atoms with E-state index in [1.165, 1.54) is 23.2 Å². The van der Waals surface area contributed by atoms with Gasteiger partial charge in [0.25, 0.3) is 5.56 Å². The van der Waals surface area contributed by atoms with E-state index in [1.54, 1.807) is 24.3 Å². The van der Waals surface area contributed by atoms with E-state index in [0.29, 0.717) is 42.1 Å². The van der Waals surface area contributed by atoms with Crippen LogP contribution in [-0.2, 0) is 11.3 Å². The maximum absolute atomic E-state index is 12.3. The molecule has 0 spiro atoms. The molecule has 0 amide bonds. The summed E-state index contributed by atoms with van der Waals surface area (Å²) in [6.07, 6.45) is 5.60. The summed E-state index contributed by atoms with van der Waals surface area (Å²) in [5.74, 6) is -0.112. The zero-order valence-corrected chi connectivity index (χ0v) is 16.4. The van der Waals surface area contributed by atoms with E-state index in [9.17, 15) is 14.4 Å². The molecule has 0 unspecified atom stereocenters. The lowest BCUT2D eigenvalue weighted by Gasteiger charge is -2.06. The van der Waals surface area contributed by atoms with Crippen LogP contribution >= 0.6 is 11.6 Å². The lowest BCUT2D eigenvalue weighted by molar-refractivity contribution is -0.119. The topological polar surface area (TPSA) is 111 Å². The number of nitrogens with one attached hydrogen (secondary N) is 1. The van der Waals surface area contributed by atoms with Crippen molar-refractivity contribution in [3.05, 3.63) is 63.9 Å². The van der Waals surface area contributed by atoms with Gasteiger partial charge in [-0.15, -0.1) is 0 Å². The fourth-order valence-corrected chi connectivity index (χ4v) is 2.97. The van der Waals surface area contributed by atoms with Gasteiger partial charge in [0.2, 0.25) is 0 Å². The first kappa shape index (κ1) is 20.6. The summed E-state index contributed by atoms with van der Waals surface area (Å²) in [5.41, 5.74) is 1.36. The number of ketones is 2. The molecular formula is C20H20ClN5O3. The molecule has 150 valence electrons. The number of benzene rings is 1. The minimum atomic E-state index is -0.281. The van der Waals surface area contributed by atoms with Crippen LogP contribution in [0.15, 0.2) is 47.7 Å². The predicted octanol–water partition coefficient (Wildman–Crippen LogP) is 3.08. The number of unbranched alkanes of at least 4 members (excludes halogenated alkanes) is 2. The summed E-state index contributed by atoms with van der Waals surface area (Å²) in [5, 5.41) is 10.4. The highest BCUT2D eigenvalue weighted by Gasteiger charge is 2.10. The number of halogens is 1.